The number of H-pyrrole nitrogens is 1. The maximum Gasteiger partial charge on any atom is 0.459 e. The van der Waals surface area contributed by atoms with E-state index < -0.39 is 17.8 Å². The van der Waals surface area contributed by atoms with Crippen molar-refractivity contribution in [3.8, 4) is 0 Å². The molecule has 0 atom stereocenters. The third-order valence-electron chi connectivity index (χ3n) is 1.77. The van der Waals surface area contributed by atoms with Gasteiger partial charge in [-0.05, 0) is 6.54 Å². The maximum absolute atomic E-state index is 12.8. The van der Waals surface area contributed by atoms with Crippen LogP contribution in [0.25, 0.3) is 0 Å². The lowest BCUT2D eigenvalue weighted by Crippen LogP contribution is -2.35. The smallest absolute Gasteiger partial charge is 0.348 e. The number of rotatable bonds is 3. The predicted octanol–water partition coefficient (Wildman–Crippen LogP) is 1.56. The van der Waals surface area contributed by atoms with Crippen molar-refractivity contribution >= 4 is 0 Å². The molecule has 0 aliphatic rings. The SMILES string of the molecule is NCCc1[nH]cnc1C(F)(F)C(F)(F)F. The molecule has 1 aromatic rings. The van der Waals surface area contributed by atoms with Crippen LogP contribution in [-0.2, 0) is 12.3 Å². The Balaban J connectivity index is 3.09. The molecule has 0 amide bonds. The van der Waals surface area contributed by atoms with E-state index in [0.29, 0.717) is 0 Å². The van der Waals surface area contributed by atoms with Crippen LogP contribution < -0.4 is 5.73 Å². The molecule has 15 heavy (non-hydrogen) atoms. The molecule has 0 unspecified atom stereocenters. The molecular formula is C7H8F5N3. The van der Waals surface area contributed by atoms with Crippen molar-refractivity contribution in [1.29, 1.82) is 0 Å². The van der Waals surface area contributed by atoms with E-state index in [1.54, 1.807) is 0 Å². The van der Waals surface area contributed by atoms with Crippen LogP contribution in [0.15, 0.2) is 6.33 Å². The lowest BCUT2D eigenvalue weighted by Gasteiger charge is -2.18. The number of hydrogen-bond donors (Lipinski definition) is 2. The maximum atomic E-state index is 12.8. The van der Waals surface area contributed by atoms with Gasteiger partial charge in [0, 0.05) is 12.1 Å². The Morgan fingerprint density at radius 2 is 1.87 bits per heavy atom. The number of nitrogens with one attached hydrogen (secondary N) is 1. The summed E-state index contributed by atoms with van der Waals surface area (Å²) in [7, 11) is 0. The average Bonchev–Trinajstić information content (AvgIpc) is 2.51. The van der Waals surface area contributed by atoms with Gasteiger partial charge in [0.1, 0.15) is 5.69 Å². The first-order valence-corrected chi connectivity index (χ1v) is 3.98. The second-order valence-corrected chi connectivity index (χ2v) is 2.84. The van der Waals surface area contributed by atoms with Crippen molar-refractivity contribution < 1.29 is 22.0 Å². The van der Waals surface area contributed by atoms with Crippen molar-refractivity contribution in [2.24, 2.45) is 5.73 Å². The summed E-state index contributed by atoms with van der Waals surface area (Å²) < 4.78 is 61.6. The van der Waals surface area contributed by atoms with Gasteiger partial charge in [0.05, 0.1) is 6.33 Å². The number of aromatic amines is 1. The molecule has 0 saturated carbocycles. The first-order chi connectivity index (χ1) is 6.80. The van der Waals surface area contributed by atoms with Crippen LogP contribution in [0.3, 0.4) is 0 Å². The third kappa shape index (κ3) is 2.09. The van der Waals surface area contributed by atoms with E-state index in [1.807, 2.05) is 0 Å². The molecule has 0 aromatic carbocycles. The van der Waals surface area contributed by atoms with Crippen molar-refractivity contribution in [3.63, 3.8) is 0 Å². The fourth-order valence-electron chi connectivity index (χ4n) is 1.06. The largest absolute Gasteiger partial charge is 0.459 e. The van der Waals surface area contributed by atoms with E-state index in [-0.39, 0.29) is 18.7 Å². The highest BCUT2D eigenvalue weighted by atomic mass is 19.4. The molecule has 3 nitrogen and oxygen atoms in total. The third-order valence-corrected chi connectivity index (χ3v) is 1.77. The number of nitrogens with zero attached hydrogens (tertiary/aromatic N) is 1. The van der Waals surface area contributed by atoms with Crippen LogP contribution in [0, 0.1) is 0 Å². The molecule has 0 saturated heterocycles. The monoisotopic (exact) mass is 229 g/mol. The zero-order valence-corrected chi connectivity index (χ0v) is 7.41. The summed E-state index contributed by atoms with van der Waals surface area (Å²) in [5, 5.41) is 0. The Bertz CT molecular complexity index is 330. The molecule has 0 spiro atoms. The molecule has 86 valence electrons. The summed E-state index contributed by atoms with van der Waals surface area (Å²) in [5.74, 6) is -4.95. The minimum absolute atomic E-state index is 0.0386. The highest BCUT2D eigenvalue weighted by Crippen LogP contribution is 2.43. The minimum Gasteiger partial charge on any atom is -0.348 e. The summed E-state index contributed by atoms with van der Waals surface area (Å²) in [6.07, 6.45) is -4.97. The Labute approximate surface area is 81.5 Å². The topological polar surface area (TPSA) is 54.7 Å². The first kappa shape index (κ1) is 11.9. The van der Waals surface area contributed by atoms with Crippen LogP contribution in [0.2, 0.25) is 0 Å². The van der Waals surface area contributed by atoms with Crippen molar-refractivity contribution in [1.82, 2.24) is 9.97 Å². The molecule has 0 aliphatic carbocycles. The van der Waals surface area contributed by atoms with Crippen LogP contribution in [0.4, 0.5) is 22.0 Å². The van der Waals surface area contributed by atoms with Gasteiger partial charge in [-0.15, -0.1) is 0 Å². The van der Waals surface area contributed by atoms with Gasteiger partial charge in [-0.2, -0.15) is 22.0 Å². The lowest BCUT2D eigenvalue weighted by atomic mass is 10.1. The Kier molecular flexibility index (Phi) is 2.98. The predicted molar refractivity (Wildman–Crippen MR) is 41.3 cm³/mol. The highest BCUT2D eigenvalue weighted by Gasteiger charge is 2.61. The molecule has 1 rings (SSSR count). The number of aromatic nitrogens is 2. The van der Waals surface area contributed by atoms with Gasteiger partial charge < -0.3 is 10.7 Å². The number of hydrogen-bond acceptors (Lipinski definition) is 2. The van der Waals surface area contributed by atoms with Crippen LogP contribution >= 0.6 is 0 Å². The lowest BCUT2D eigenvalue weighted by molar-refractivity contribution is -0.291. The number of imidazole rings is 1. The normalized spacial score (nSPS) is 13.2. The summed E-state index contributed by atoms with van der Waals surface area (Å²) in [6, 6.07) is 0. The van der Waals surface area contributed by atoms with E-state index in [2.05, 4.69) is 9.97 Å². The van der Waals surface area contributed by atoms with E-state index in [9.17, 15) is 22.0 Å². The standard InChI is InChI=1S/C7H8F5N3/c8-6(9,7(10,11)12)5-4(1-2-13)14-3-15-5/h3H,1-2,13H2,(H,14,15). The van der Waals surface area contributed by atoms with Crippen molar-refractivity contribution in [2.75, 3.05) is 6.54 Å². The van der Waals surface area contributed by atoms with E-state index in [1.165, 1.54) is 0 Å². The Morgan fingerprint density at radius 1 is 1.27 bits per heavy atom. The quantitative estimate of drug-likeness (QED) is 0.773. The summed E-state index contributed by atoms with van der Waals surface area (Å²) in [5.41, 5.74) is 3.47. The molecule has 0 radical (unpaired) electrons. The number of nitrogens with two attached hydrogens (primary N) is 1. The van der Waals surface area contributed by atoms with Gasteiger partial charge in [-0.25, -0.2) is 4.98 Å². The molecular weight excluding hydrogens is 221 g/mol. The first-order valence-electron chi connectivity index (χ1n) is 3.98. The molecule has 1 heterocycles. The van der Waals surface area contributed by atoms with Gasteiger partial charge >= 0.3 is 12.1 Å². The molecule has 0 fully saturated rings. The summed E-state index contributed by atoms with van der Waals surface area (Å²) >= 11 is 0. The number of halogens is 5. The molecule has 0 bridgehead atoms. The van der Waals surface area contributed by atoms with Gasteiger partial charge in [0.25, 0.3) is 0 Å². The molecule has 8 heteroatoms. The second kappa shape index (κ2) is 3.76. The van der Waals surface area contributed by atoms with Crippen LogP contribution in [0.1, 0.15) is 11.4 Å². The summed E-state index contributed by atoms with van der Waals surface area (Å²) in [4.78, 5) is 5.21. The second-order valence-electron chi connectivity index (χ2n) is 2.84. The van der Waals surface area contributed by atoms with Gasteiger partial charge in [-0.1, -0.05) is 0 Å². The fourth-order valence-corrected chi connectivity index (χ4v) is 1.06. The fraction of sp³-hybridized carbons (Fsp3) is 0.571. The van der Waals surface area contributed by atoms with Gasteiger partial charge in [0.2, 0.25) is 0 Å². The van der Waals surface area contributed by atoms with Crippen molar-refractivity contribution in [3.05, 3.63) is 17.7 Å². The van der Waals surface area contributed by atoms with Crippen molar-refractivity contribution in [2.45, 2.75) is 18.5 Å². The molecule has 3 N–H and O–H groups in total. The van der Waals surface area contributed by atoms with E-state index in [0.717, 1.165) is 6.33 Å². The minimum atomic E-state index is -5.65. The molecule has 1 aromatic heterocycles. The average molecular weight is 229 g/mol. The van der Waals surface area contributed by atoms with Gasteiger partial charge in [-0.3, -0.25) is 0 Å². The van der Waals surface area contributed by atoms with Gasteiger partial charge in [0.15, 0.2) is 0 Å². The highest BCUT2D eigenvalue weighted by molar-refractivity contribution is 5.19. The zero-order valence-electron chi connectivity index (χ0n) is 7.41. The zero-order chi connectivity index (χ0) is 11.7. The van der Waals surface area contributed by atoms with E-state index in [4.69, 9.17) is 5.73 Å². The van der Waals surface area contributed by atoms with Crippen LogP contribution in [-0.4, -0.2) is 22.7 Å². The summed E-state index contributed by atoms with van der Waals surface area (Å²) in [6.45, 7) is -0.0386. The molecule has 0 aliphatic heterocycles. The number of alkyl halides is 5. The van der Waals surface area contributed by atoms with Crippen LogP contribution in [0.5, 0.6) is 0 Å². The Hall–Kier alpha value is -1.18. The van der Waals surface area contributed by atoms with E-state index >= 15 is 0 Å². The Morgan fingerprint density at radius 3 is 2.33 bits per heavy atom.